The molecular weight excluding hydrogens is 279 g/mol. The first kappa shape index (κ1) is 15.6. The van der Waals surface area contributed by atoms with E-state index in [2.05, 4.69) is 17.2 Å². The van der Waals surface area contributed by atoms with Crippen LogP contribution in [0.3, 0.4) is 0 Å². The molecule has 0 aliphatic heterocycles. The number of anilines is 1. The Kier molecular flexibility index (Phi) is 4.71. The molecule has 0 radical (unpaired) electrons. The van der Waals surface area contributed by atoms with E-state index in [1.807, 2.05) is 6.07 Å². The molecule has 1 aromatic heterocycles. The molecule has 1 fully saturated rings. The van der Waals surface area contributed by atoms with Crippen molar-refractivity contribution in [3.8, 4) is 6.07 Å². The van der Waals surface area contributed by atoms with Crippen LogP contribution in [0.25, 0.3) is 0 Å². The van der Waals surface area contributed by atoms with Gasteiger partial charge >= 0.3 is 6.18 Å². The fraction of sp³-hybridized carbons (Fsp3) is 0.600. The number of aromatic nitrogens is 1. The molecule has 0 spiro atoms. The summed E-state index contributed by atoms with van der Waals surface area (Å²) in [5.41, 5.74) is -0.813. The molecule has 0 amide bonds. The Labute approximate surface area is 122 Å². The van der Waals surface area contributed by atoms with Gasteiger partial charge in [0.15, 0.2) is 0 Å². The molecular formula is C15H18F3N3. The van der Waals surface area contributed by atoms with Gasteiger partial charge in [0, 0.05) is 6.04 Å². The van der Waals surface area contributed by atoms with E-state index in [-0.39, 0.29) is 17.4 Å². The van der Waals surface area contributed by atoms with Crippen LogP contribution in [0.15, 0.2) is 12.1 Å². The summed E-state index contributed by atoms with van der Waals surface area (Å²) in [5.74, 6) is 0.750. The standard InChI is InChI=1S/C15H18F3N3/c1-2-10-3-6-12(7-4-10)20-14-11(9-19)5-8-13(21-14)15(16,17)18/h5,8,10,12H,2-4,6-7H2,1H3,(H,20,21). The van der Waals surface area contributed by atoms with Crippen LogP contribution in [0, 0.1) is 17.2 Å². The van der Waals surface area contributed by atoms with Crippen molar-refractivity contribution < 1.29 is 13.2 Å². The molecule has 0 unspecified atom stereocenters. The van der Waals surface area contributed by atoms with Gasteiger partial charge in [0.2, 0.25) is 0 Å². The molecule has 0 atom stereocenters. The molecule has 6 heteroatoms. The summed E-state index contributed by atoms with van der Waals surface area (Å²) < 4.78 is 38.1. The molecule has 1 N–H and O–H groups in total. The largest absolute Gasteiger partial charge is 0.433 e. The number of nitriles is 1. The van der Waals surface area contributed by atoms with E-state index in [1.165, 1.54) is 6.07 Å². The Morgan fingerprint density at radius 3 is 2.48 bits per heavy atom. The zero-order valence-electron chi connectivity index (χ0n) is 11.9. The van der Waals surface area contributed by atoms with Gasteiger partial charge in [-0.05, 0) is 43.7 Å². The summed E-state index contributed by atoms with van der Waals surface area (Å²) in [6.07, 6.45) is 0.578. The predicted octanol–water partition coefficient (Wildman–Crippen LogP) is 4.35. The first-order valence-corrected chi connectivity index (χ1v) is 7.19. The van der Waals surface area contributed by atoms with Gasteiger partial charge < -0.3 is 5.32 Å². The number of nitrogens with zero attached hydrogens (tertiary/aromatic N) is 2. The molecule has 114 valence electrons. The molecule has 1 aromatic rings. The van der Waals surface area contributed by atoms with Crippen LogP contribution in [0.1, 0.15) is 50.3 Å². The van der Waals surface area contributed by atoms with Gasteiger partial charge in [-0.1, -0.05) is 13.3 Å². The smallest absolute Gasteiger partial charge is 0.366 e. The number of hydrogen-bond donors (Lipinski definition) is 1. The Balaban J connectivity index is 2.13. The summed E-state index contributed by atoms with van der Waals surface area (Å²) in [5, 5.41) is 12.0. The molecule has 1 heterocycles. The van der Waals surface area contributed by atoms with Gasteiger partial charge in [0.25, 0.3) is 0 Å². The molecule has 1 saturated carbocycles. The van der Waals surface area contributed by atoms with Crippen molar-refractivity contribution in [2.45, 2.75) is 51.2 Å². The summed E-state index contributed by atoms with van der Waals surface area (Å²) in [4.78, 5) is 3.59. The number of rotatable bonds is 3. The van der Waals surface area contributed by atoms with E-state index in [0.717, 1.165) is 38.2 Å². The minimum absolute atomic E-state index is 0.0484. The second-order valence-corrected chi connectivity index (χ2v) is 5.47. The van der Waals surface area contributed by atoms with Crippen molar-refractivity contribution >= 4 is 5.82 Å². The lowest BCUT2D eigenvalue weighted by atomic mass is 9.84. The number of halogens is 3. The first-order chi connectivity index (χ1) is 9.94. The third-order valence-corrected chi connectivity index (χ3v) is 4.07. The minimum Gasteiger partial charge on any atom is -0.366 e. The lowest BCUT2D eigenvalue weighted by molar-refractivity contribution is -0.141. The summed E-state index contributed by atoms with van der Waals surface area (Å²) >= 11 is 0. The van der Waals surface area contributed by atoms with E-state index >= 15 is 0 Å². The highest BCUT2D eigenvalue weighted by Gasteiger charge is 2.33. The number of hydrogen-bond acceptors (Lipinski definition) is 3. The molecule has 0 saturated heterocycles. The van der Waals surface area contributed by atoms with Crippen molar-refractivity contribution in [3.63, 3.8) is 0 Å². The molecule has 0 bridgehead atoms. The maximum absolute atomic E-state index is 12.7. The average molecular weight is 297 g/mol. The number of nitrogens with one attached hydrogen (secondary N) is 1. The van der Waals surface area contributed by atoms with Crippen molar-refractivity contribution in [3.05, 3.63) is 23.4 Å². The second-order valence-electron chi connectivity index (χ2n) is 5.47. The number of pyridine rings is 1. The SMILES string of the molecule is CCC1CCC(Nc2nc(C(F)(F)F)ccc2C#N)CC1. The van der Waals surface area contributed by atoms with Gasteiger partial charge in [0.1, 0.15) is 17.6 Å². The zero-order chi connectivity index (χ0) is 15.5. The summed E-state index contributed by atoms with van der Waals surface area (Å²) in [6.45, 7) is 2.15. The van der Waals surface area contributed by atoms with Crippen LogP contribution >= 0.6 is 0 Å². The highest BCUT2D eigenvalue weighted by molar-refractivity contribution is 5.53. The Hall–Kier alpha value is -1.77. The van der Waals surface area contributed by atoms with Crippen LogP contribution in [0.4, 0.5) is 19.0 Å². The van der Waals surface area contributed by atoms with Gasteiger partial charge in [-0.25, -0.2) is 4.98 Å². The first-order valence-electron chi connectivity index (χ1n) is 7.19. The van der Waals surface area contributed by atoms with Gasteiger partial charge in [-0.15, -0.1) is 0 Å². The lowest BCUT2D eigenvalue weighted by Crippen LogP contribution is -2.27. The van der Waals surface area contributed by atoms with E-state index < -0.39 is 11.9 Å². The van der Waals surface area contributed by atoms with Gasteiger partial charge in [-0.3, -0.25) is 0 Å². The second kappa shape index (κ2) is 6.33. The highest BCUT2D eigenvalue weighted by Crippen LogP contribution is 2.31. The van der Waals surface area contributed by atoms with Crippen molar-refractivity contribution in [1.29, 1.82) is 5.26 Å². The molecule has 3 nitrogen and oxygen atoms in total. The van der Waals surface area contributed by atoms with E-state index in [4.69, 9.17) is 5.26 Å². The third kappa shape index (κ3) is 3.87. The zero-order valence-corrected chi connectivity index (χ0v) is 11.9. The van der Waals surface area contributed by atoms with Crippen LogP contribution in [-0.2, 0) is 6.18 Å². The Bertz CT molecular complexity index is 526. The van der Waals surface area contributed by atoms with Crippen molar-refractivity contribution in [2.24, 2.45) is 5.92 Å². The quantitative estimate of drug-likeness (QED) is 0.902. The maximum Gasteiger partial charge on any atom is 0.433 e. The maximum atomic E-state index is 12.7. The summed E-state index contributed by atoms with van der Waals surface area (Å²) in [7, 11) is 0. The van der Waals surface area contributed by atoms with Crippen molar-refractivity contribution in [2.75, 3.05) is 5.32 Å². The van der Waals surface area contributed by atoms with E-state index in [0.29, 0.717) is 5.92 Å². The minimum atomic E-state index is -4.50. The van der Waals surface area contributed by atoms with Crippen molar-refractivity contribution in [1.82, 2.24) is 4.98 Å². The molecule has 0 aromatic carbocycles. The monoisotopic (exact) mass is 297 g/mol. The predicted molar refractivity (Wildman–Crippen MR) is 73.6 cm³/mol. The van der Waals surface area contributed by atoms with Gasteiger partial charge in [0.05, 0.1) is 5.56 Å². The van der Waals surface area contributed by atoms with Gasteiger partial charge in [-0.2, -0.15) is 18.4 Å². The normalized spacial score (nSPS) is 22.6. The van der Waals surface area contributed by atoms with E-state index in [1.54, 1.807) is 0 Å². The highest BCUT2D eigenvalue weighted by atomic mass is 19.4. The number of alkyl halides is 3. The molecule has 2 rings (SSSR count). The summed E-state index contributed by atoms with van der Waals surface area (Å²) in [6, 6.07) is 4.01. The Morgan fingerprint density at radius 1 is 1.29 bits per heavy atom. The van der Waals surface area contributed by atoms with E-state index in [9.17, 15) is 13.2 Å². The van der Waals surface area contributed by atoms with Crippen LogP contribution in [-0.4, -0.2) is 11.0 Å². The molecule has 1 aliphatic rings. The Morgan fingerprint density at radius 2 is 1.95 bits per heavy atom. The lowest BCUT2D eigenvalue weighted by Gasteiger charge is -2.29. The topological polar surface area (TPSA) is 48.7 Å². The van der Waals surface area contributed by atoms with Crippen LogP contribution in [0.5, 0.6) is 0 Å². The average Bonchev–Trinajstić information content (AvgIpc) is 2.47. The third-order valence-electron chi connectivity index (χ3n) is 4.07. The van der Waals surface area contributed by atoms with Crippen LogP contribution < -0.4 is 5.32 Å². The fourth-order valence-corrected chi connectivity index (χ4v) is 2.73. The molecule has 21 heavy (non-hydrogen) atoms. The van der Waals surface area contributed by atoms with Crippen LogP contribution in [0.2, 0.25) is 0 Å². The molecule has 1 aliphatic carbocycles. The fourth-order valence-electron chi connectivity index (χ4n) is 2.73.